The van der Waals surface area contributed by atoms with E-state index in [-0.39, 0.29) is 0 Å². The normalized spacial score (nSPS) is 32.5. The highest BCUT2D eigenvalue weighted by atomic mass is 31.2. The van der Waals surface area contributed by atoms with Crippen molar-refractivity contribution in [1.29, 1.82) is 0 Å². The Labute approximate surface area is 138 Å². The third kappa shape index (κ3) is 3.11. The van der Waals surface area contributed by atoms with Gasteiger partial charge in [-0.1, -0.05) is 0 Å². The smallest absolute Gasteiger partial charge is 0.352 e. The van der Waals surface area contributed by atoms with Gasteiger partial charge in [0.15, 0.2) is 17.8 Å². The van der Waals surface area contributed by atoms with Gasteiger partial charge >= 0.3 is 11.9 Å². The van der Waals surface area contributed by atoms with Gasteiger partial charge in [-0.15, -0.1) is 0 Å². The van der Waals surface area contributed by atoms with Crippen molar-refractivity contribution in [1.82, 2.24) is 4.90 Å². The molecular weight excluding hydrogens is 365 g/mol. The number of hydrogen-bond donors (Lipinski definition) is 3. The number of carbonyl (C=O) groups is 2. The Kier molecular flexibility index (Phi) is 4.28. The van der Waals surface area contributed by atoms with E-state index >= 15 is 0 Å². The first-order chi connectivity index (χ1) is 11.6. The number of rotatable bonds is 4. The lowest BCUT2D eigenvalue weighted by atomic mass is 10.1. The molecule has 0 unspecified atom stereocenters. The molecule has 4 N–H and O–H groups in total. The van der Waals surface area contributed by atoms with Crippen LogP contribution >= 0.6 is 7.82 Å². The second-order valence-corrected chi connectivity index (χ2v) is 6.18. The summed E-state index contributed by atoms with van der Waals surface area (Å²) in [6, 6.07) is -1.11. The molecule has 136 valence electrons. The van der Waals surface area contributed by atoms with Gasteiger partial charge in [-0.25, -0.2) is 9.69 Å². The molecule has 0 spiro atoms. The Morgan fingerprint density at radius 2 is 2.00 bits per heavy atom. The lowest BCUT2D eigenvalue weighted by Gasteiger charge is -2.36. The number of nitrogens with two attached hydrogens (primary N) is 1. The largest absolute Gasteiger partial charge is 0.790 e. The van der Waals surface area contributed by atoms with Gasteiger partial charge in [0.2, 0.25) is 5.96 Å². The van der Waals surface area contributed by atoms with Gasteiger partial charge in [-0.05, 0) is 0 Å². The summed E-state index contributed by atoms with van der Waals surface area (Å²) in [5, 5.41) is 19.2. The van der Waals surface area contributed by atoms with Crippen molar-refractivity contribution >= 4 is 37.3 Å². The van der Waals surface area contributed by atoms with Gasteiger partial charge < -0.3 is 39.6 Å². The molecule has 3 aliphatic heterocycles. The summed E-state index contributed by atoms with van der Waals surface area (Å²) in [5.74, 6) is -1.86. The first-order valence-electron chi connectivity index (χ1n) is 6.66. The molecule has 0 saturated carbocycles. The van der Waals surface area contributed by atoms with Crippen LogP contribution in [-0.4, -0.2) is 75.7 Å². The van der Waals surface area contributed by atoms with E-state index in [0.717, 1.165) is 0 Å². The van der Waals surface area contributed by atoms with Gasteiger partial charge in [-0.3, -0.25) is 4.79 Å². The van der Waals surface area contributed by atoms with Gasteiger partial charge in [0, 0.05) is 0 Å². The van der Waals surface area contributed by atoms with Crippen LogP contribution in [0.1, 0.15) is 0 Å². The zero-order valence-corrected chi connectivity index (χ0v) is 13.0. The zero-order chi connectivity index (χ0) is 18.5. The molecular formula is C10H10N5O9P-2. The van der Waals surface area contributed by atoms with Crippen molar-refractivity contribution in [2.45, 2.75) is 24.5 Å². The van der Waals surface area contributed by atoms with Crippen LogP contribution in [0.5, 0.6) is 0 Å². The molecule has 3 amide bonds. The highest BCUT2D eigenvalue weighted by molar-refractivity contribution is 7.43. The number of aliphatic hydroxyl groups excluding tert-OH is 2. The van der Waals surface area contributed by atoms with E-state index in [4.69, 9.17) is 10.5 Å². The summed E-state index contributed by atoms with van der Waals surface area (Å²) in [4.78, 5) is 56.6. The van der Waals surface area contributed by atoms with Crippen LogP contribution < -0.4 is 15.5 Å². The van der Waals surface area contributed by atoms with Crippen LogP contribution in [0, 0.1) is 0 Å². The van der Waals surface area contributed by atoms with E-state index in [1.807, 2.05) is 0 Å². The maximum absolute atomic E-state index is 12.1. The minimum Gasteiger partial charge on any atom is -0.790 e. The van der Waals surface area contributed by atoms with Crippen LogP contribution in [0.2, 0.25) is 0 Å². The number of fused-ring (bicyclic) bond motifs is 1. The minimum atomic E-state index is -5.60. The van der Waals surface area contributed by atoms with Crippen molar-refractivity contribution in [3.63, 3.8) is 0 Å². The molecule has 0 radical (unpaired) electrons. The number of carbonyl (C=O) groups excluding carboxylic acids is 2. The van der Waals surface area contributed by atoms with E-state index in [0.29, 0.717) is 4.90 Å². The van der Waals surface area contributed by atoms with Crippen LogP contribution in [-0.2, 0) is 18.6 Å². The zero-order valence-electron chi connectivity index (χ0n) is 12.1. The molecule has 0 aliphatic carbocycles. The summed E-state index contributed by atoms with van der Waals surface area (Å²) >= 11 is 0. The number of aliphatic hydroxyl groups is 2. The summed E-state index contributed by atoms with van der Waals surface area (Å²) < 4.78 is 20.4. The topological polar surface area (TPSA) is 223 Å². The van der Waals surface area contributed by atoms with E-state index in [2.05, 4.69) is 19.5 Å². The Hall–Kier alpha value is -2.06. The Balaban J connectivity index is 1.98. The first-order valence-corrected chi connectivity index (χ1v) is 8.12. The fourth-order valence-corrected chi connectivity index (χ4v) is 3.04. The summed E-state index contributed by atoms with van der Waals surface area (Å²) in [7, 11) is -5.60. The molecule has 0 aromatic heterocycles. The second kappa shape index (κ2) is 6.03. The molecule has 3 heterocycles. The van der Waals surface area contributed by atoms with E-state index in [1.165, 1.54) is 0 Å². The second-order valence-electron chi connectivity index (χ2n) is 5.08. The lowest BCUT2D eigenvalue weighted by Crippen LogP contribution is -2.51. The number of guanidine groups is 1. The van der Waals surface area contributed by atoms with Crippen molar-refractivity contribution in [2.75, 3.05) is 6.61 Å². The molecule has 25 heavy (non-hydrogen) atoms. The van der Waals surface area contributed by atoms with E-state index in [1.54, 1.807) is 0 Å². The number of ether oxygens (including phenoxy) is 1. The average molecular weight is 375 g/mol. The Morgan fingerprint density at radius 3 is 2.60 bits per heavy atom. The number of phosphoric acid groups is 1. The molecule has 1 fully saturated rings. The molecule has 0 bridgehead atoms. The van der Waals surface area contributed by atoms with Gasteiger partial charge in [0.05, 0.1) is 14.4 Å². The monoisotopic (exact) mass is 375 g/mol. The Morgan fingerprint density at radius 1 is 1.32 bits per heavy atom. The molecule has 4 atom stereocenters. The third-order valence-corrected chi connectivity index (χ3v) is 3.99. The molecule has 3 rings (SSSR count). The fourth-order valence-electron chi connectivity index (χ4n) is 2.51. The summed E-state index contributed by atoms with van der Waals surface area (Å²) in [5.41, 5.74) is 4.87. The van der Waals surface area contributed by atoms with Crippen molar-refractivity contribution in [3.05, 3.63) is 0 Å². The Bertz CT molecular complexity index is 773. The highest BCUT2D eigenvalue weighted by Crippen LogP contribution is 2.37. The predicted molar refractivity (Wildman–Crippen MR) is 73.0 cm³/mol. The predicted octanol–water partition coefficient (Wildman–Crippen LogP) is -4.59. The standard InChI is InChI=1S/C10H12N5O9P/c11-9-13-6-3(7(18)14-9)12-10(19)15(6)8-5(24-25(20,21)22)4(17)2(1-16)23-8/h2,4-5,8,16-17H,1H2,(H2,11,14,18)(H2,20,21,22)/p-2/t2-,4-,5-,8-/m1/s1. The van der Waals surface area contributed by atoms with Crippen molar-refractivity contribution in [3.8, 4) is 0 Å². The molecule has 14 nitrogen and oxygen atoms in total. The van der Waals surface area contributed by atoms with E-state index in [9.17, 15) is 34.2 Å². The fraction of sp³-hybridized carbons (Fsp3) is 0.500. The number of nitrogens with zero attached hydrogens (tertiary/aromatic N) is 4. The van der Waals surface area contributed by atoms with Crippen molar-refractivity contribution < 1.29 is 43.4 Å². The van der Waals surface area contributed by atoms with Crippen LogP contribution in [0.3, 0.4) is 0 Å². The van der Waals surface area contributed by atoms with E-state index < -0.39 is 68.4 Å². The number of phosphoric ester groups is 1. The van der Waals surface area contributed by atoms with Gasteiger partial charge in [0.1, 0.15) is 18.3 Å². The number of amidine groups is 1. The van der Waals surface area contributed by atoms with Crippen LogP contribution in [0.4, 0.5) is 4.79 Å². The average Bonchev–Trinajstić information content (AvgIpc) is 2.96. The number of urea groups is 1. The first kappa shape index (κ1) is 17.8. The number of amides is 3. The van der Waals surface area contributed by atoms with Gasteiger partial charge in [-0.2, -0.15) is 15.0 Å². The number of hydrogen-bond acceptors (Lipinski definition) is 11. The quantitative estimate of drug-likeness (QED) is 0.399. The number of aliphatic imine (C=N–C) groups is 3. The molecule has 0 aromatic rings. The maximum atomic E-state index is 12.1. The van der Waals surface area contributed by atoms with Gasteiger partial charge in [0.25, 0.3) is 0 Å². The maximum Gasteiger partial charge on any atom is 0.352 e. The molecule has 15 heteroatoms. The third-order valence-electron chi connectivity index (χ3n) is 3.49. The SMILES string of the molecule is NC1=NC(=O)C2=NC(=O)N([C@@H]3O[C@H](CO)[C@@H](O)[C@H]3OP(=O)([O-])[O-])C2=N1. The summed E-state index contributed by atoms with van der Waals surface area (Å²) in [6.07, 6.45) is -6.73. The van der Waals surface area contributed by atoms with Crippen LogP contribution in [0.25, 0.3) is 0 Å². The minimum absolute atomic E-state index is 0.404. The lowest BCUT2D eigenvalue weighted by molar-refractivity contribution is -0.347. The van der Waals surface area contributed by atoms with Crippen LogP contribution in [0.15, 0.2) is 15.0 Å². The summed E-state index contributed by atoms with van der Waals surface area (Å²) in [6.45, 7) is -0.774. The molecule has 3 aliphatic rings. The molecule has 0 aromatic carbocycles. The van der Waals surface area contributed by atoms with Crippen molar-refractivity contribution in [2.24, 2.45) is 20.7 Å². The highest BCUT2D eigenvalue weighted by Gasteiger charge is 2.53. The molecule has 1 saturated heterocycles.